The van der Waals surface area contributed by atoms with Crippen molar-refractivity contribution < 1.29 is 0 Å². The molecule has 2 nitrogen and oxygen atoms in total. The highest BCUT2D eigenvalue weighted by Crippen LogP contribution is 2.05. The van der Waals surface area contributed by atoms with Crippen LogP contribution in [0.3, 0.4) is 0 Å². The van der Waals surface area contributed by atoms with E-state index >= 15 is 0 Å². The van der Waals surface area contributed by atoms with Crippen LogP contribution in [-0.4, -0.2) is 18.6 Å². The second kappa shape index (κ2) is 8.52. The molecule has 0 aliphatic carbocycles. The van der Waals surface area contributed by atoms with Crippen LogP contribution in [0.1, 0.15) is 52.9 Å². The molecule has 0 aliphatic heterocycles. The lowest BCUT2D eigenvalue weighted by molar-refractivity contribution is 0.427. The Morgan fingerprint density at radius 2 is 1.85 bits per heavy atom. The molecule has 3 N–H and O–H groups in total. The summed E-state index contributed by atoms with van der Waals surface area (Å²) in [4.78, 5) is 0. The van der Waals surface area contributed by atoms with Gasteiger partial charge in [0, 0.05) is 18.6 Å². The average Bonchev–Trinajstić information content (AvgIpc) is 2.09. The highest BCUT2D eigenvalue weighted by Gasteiger charge is 2.06. The van der Waals surface area contributed by atoms with Gasteiger partial charge in [0.25, 0.3) is 0 Å². The molecular weight excluding hydrogens is 160 g/mol. The molecule has 13 heavy (non-hydrogen) atoms. The number of nitrogens with two attached hydrogens (primary N) is 1. The lowest BCUT2D eigenvalue weighted by atomic mass is 10.1. The van der Waals surface area contributed by atoms with Gasteiger partial charge in [0.05, 0.1) is 0 Å². The largest absolute Gasteiger partial charge is 0.329 e. The smallest absolute Gasteiger partial charge is 0.0192 e. The van der Waals surface area contributed by atoms with Crippen molar-refractivity contribution in [1.29, 1.82) is 0 Å². The summed E-state index contributed by atoms with van der Waals surface area (Å²) in [6.07, 6.45) is 6.57. The maximum atomic E-state index is 5.67. The molecule has 1 atom stereocenters. The molecule has 0 spiro atoms. The quantitative estimate of drug-likeness (QED) is 0.571. The minimum absolute atomic E-state index is 0.525. The van der Waals surface area contributed by atoms with Crippen LogP contribution in [0.4, 0.5) is 0 Å². The molecule has 0 heterocycles. The van der Waals surface area contributed by atoms with Gasteiger partial charge >= 0.3 is 0 Å². The Balaban J connectivity index is 3.36. The molecule has 0 aromatic rings. The van der Waals surface area contributed by atoms with Crippen LogP contribution in [0.15, 0.2) is 0 Å². The second-order valence-corrected chi connectivity index (χ2v) is 4.10. The Labute approximate surface area is 83.3 Å². The Morgan fingerprint density at radius 1 is 1.15 bits per heavy atom. The van der Waals surface area contributed by atoms with E-state index in [4.69, 9.17) is 5.73 Å². The van der Waals surface area contributed by atoms with Gasteiger partial charge in [-0.25, -0.2) is 0 Å². The summed E-state index contributed by atoms with van der Waals surface area (Å²) in [6, 6.07) is 1.08. The van der Waals surface area contributed by atoms with E-state index in [1.165, 1.54) is 32.1 Å². The summed E-state index contributed by atoms with van der Waals surface area (Å²) in [5.74, 6) is 0. The number of hydrogen-bond acceptors (Lipinski definition) is 2. The van der Waals surface area contributed by atoms with Crippen molar-refractivity contribution in [3.8, 4) is 0 Å². The molecular formula is C11H26N2. The normalized spacial score (nSPS) is 13.6. The number of hydrogen-bond donors (Lipinski definition) is 2. The molecule has 80 valence electrons. The Morgan fingerprint density at radius 3 is 2.31 bits per heavy atom. The number of unbranched alkanes of at least 4 members (excludes halogenated alkanes) is 3. The van der Waals surface area contributed by atoms with Crippen LogP contribution in [0.25, 0.3) is 0 Å². The Kier molecular flexibility index (Phi) is 8.46. The summed E-state index contributed by atoms with van der Waals surface area (Å²) < 4.78 is 0. The molecule has 0 saturated heterocycles. The van der Waals surface area contributed by atoms with Crippen molar-refractivity contribution in [3.63, 3.8) is 0 Å². The van der Waals surface area contributed by atoms with E-state index in [9.17, 15) is 0 Å². The first-order valence-corrected chi connectivity index (χ1v) is 5.66. The van der Waals surface area contributed by atoms with Crippen molar-refractivity contribution in [1.82, 2.24) is 5.32 Å². The Hall–Kier alpha value is -0.0800. The van der Waals surface area contributed by atoms with Crippen molar-refractivity contribution in [2.45, 2.75) is 65.0 Å². The van der Waals surface area contributed by atoms with Crippen LogP contribution in [0, 0.1) is 0 Å². The zero-order chi connectivity index (χ0) is 10.1. The molecule has 0 aromatic carbocycles. The molecule has 2 heteroatoms. The third kappa shape index (κ3) is 8.26. The van der Waals surface area contributed by atoms with Crippen LogP contribution < -0.4 is 11.1 Å². The first-order chi connectivity index (χ1) is 6.20. The first-order valence-electron chi connectivity index (χ1n) is 5.66. The predicted molar refractivity (Wildman–Crippen MR) is 59.9 cm³/mol. The van der Waals surface area contributed by atoms with E-state index in [0.717, 1.165) is 6.54 Å². The molecule has 0 rings (SSSR count). The van der Waals surface area contributed by atoms with E-state index < -0.39 is 0 Å². The zero-order valence-electron chi connectivity index (χ0n) is 9.47. The molecule has 0 radical (unpaired) electrons. The van der Waals surface area contributed by atoms with Gasteiger partial charge in [0.1, 0.15) is 0 Å². The molecule has 0 fully saturated rings. The van der Waals surface area contributed by atoms with Crippen LogP contribution in [0.2, 0.25) is 0 Å². The summed E-state index contributed by atoms with van der Waals surface area (Å²) in [6.45, 7) is 7.36. The summed E-state index contributed by atoms with van der Waals surface area (Å²) in [7, 11) is 0. The van der Waals surface area contributed by atoms with Gasteiger partial charge in [-0.05, 0) is 6.42 Å². The van der Waals surface area contributed by atoms with E-state index in [0.29, 0.717) is 12.1 Å². The zero-order valence-corrected chi connectivity index (χ0v) is 9.47. The van der Waals surface area contributed by atoms with Crippen LogP contribution in [0.5, 0.6) is 0 Å². The molecule has 0 bridgehead atoms. The molecule has 0 amide bonds. The topological polar surface area (TPSA) is 38.0 Å². The van der Waals surface area contributed by atoms with Gasteiger partial charge in [-0.15, -0.1) is 0 Å². The standard InChI is InChI=1S/C11H26N2/c1-4-5-6-7-8-11(9-12)13-10(2)3/h10-11,13H,4-9,12H2,1-3H3. The molecule has 0 aromatic heterocycles. The number of rotatable bonds is 8. The summed E-state index contributed by atoms with van der Waals surface area (Å²) >= 11 is 0. The second-order valence-electron chi connectivity index (χ2n) is 4.10. The maximum absolute atomic E-state index is 5.67. The number of nitrogens with one attached hydrogen (secondary N) is 1. The molecule has 0 aliphatic rings. The van der Waals surface area contributed by atoms with Gasteiger partial charge in [0.15, 0.2) is 0 Å². The maximum Gasteiger partial charge on any atom is 0.0192 e. The minimum Gasteiger partial charge on any atom is -0.329 e. The van der Waals surface area contributed by atoms with Gasteiger partial charge in [-0.2, -0.15) is 0 Å². The molecule has 0 saturated carbocycles. The lowest BCUT2D eigenvalue weighted by Crippen LogP contribution is -2.40. The van der Waals surface area contributed by atoms with Gasteiger partial charge in [-0.1, -0.05) is 46.5 Å². The monoisotopic (exact) mass is 186 g/mol. The van der Waals surface area contributed by atoms with Crippen molar-refractivity contribution >= 4 is 0 Å². The van der Waals surface area contributed by atoms with Gasteiger partial charge in [-0.3, -0.25) is 0 Å². The predicted octanol–water partition coefficient (Wildman–Crippen LogP) is 2.28. The third-order valence-corrected chi connectivity index (χ3v) is 2.26. The fraction of sp³-hybridized carbons (Fsp3) is 1.00. The SMILES string of the molecule is CCCCCCC(CN)NC(C)C. The fourth-order valence-corrected chi connectivity index (χ4v) is 1.56. The highest BCUT2D eigenvalue weighted by molar-refractivity contribution is 4.69. The van der Waals surface area contributed by atoms with E-state index in [-0.39, 0.29) is 0 Å². The molecule has 1 unspecified atom stereocenters. The van der Waals surface area contributed by atoms with Crippen LogP contribution in [-0.2, 0) is 0 Å². The van der Waals surface area contributed by atoms with E-state index in [1.54, 1.807) is 0 Å². The van der Waals surface area contributed by atoms with Crippen molar-refractivity contribution in [3.05, 3.63) is 0 Å². The fourth-order valence-electron chi connectivity index (χ4n) is 1.56. The van der Waals surface area contributed by atoms with Crippen molar-refractivity contribution in [2.24, 2.45) is 5.73 Å². The van der Waals surface area contributed by atoms with Crippen molar-refractivity contribution in [2.75, 3.05) is 6.54 Å². The summed E-state index contributed by atoms with van der Waals surface area (Å²) in [5.41, 5.74) is 5.67. The van der Waals surface area contributed by atoms with E-state index in [1.807, 2.05) is 0 Å². The lowest BCUT2D eigenvalue weighted by Gasteiger charge is -2.19. The average molecular weight is 186 g/mol. The minimum atomic E-state index is 0.525. The summed E-state index contributed by atoms with van der Waals surface area (Å²) in [5, 5.41) is 3.48. The third-order valence-electron chi connectivity index (χ3n) is 2.26. The highest BCUT2D eigenvalue weighted by atomic mass is 15.0. The van der Waals surface area contributed by atoms with Crippen LogP contribution >= 0.6 is 0 Å². The van der Waals surface area contributed by atoms with Gasteiger partial charge < -0.3 is 11.1 Å². The first kappa shape index (κ1) is 12.9. The van der Waals surface area contributed by atoms with Gasteiger partial charge in [0.2, 0.25) is 0 Å². The Bertz CT molecular complexity index is 102. The van der Waals surface area contributed by atoms with E-state index in [2.05, 4.69) is 26.1 Å².